The molecule has 18 heavy (non-hydrogen) atoms. The van der Waals surface area contributed by atoms with Crippen LogP contribution in [0.3, 0.4) is 0 Å². The molecule has 0 N–H and O–H groups in total. The molecule has 0 radical (unpaired) electrons. The van der Waals surface area contributed by atoms with E-state index in [0.717, 1.165) is 41.2 Å². The van der Waals surface area contributed by atoms with Gasteiger partial charge in [-0.1, -0.05) is 29.8 Å². The molecule has 0 spiro atoms. The fourth-order valence-electron chi connectivity index (χ4n) is 2.03. The van der Waals surface area contributed by atoms with Crippen molar-refractivity contribution in [1.82, 2.24) is 9.55 Å². The molecule has 0 saturated heterocycles. The Labute approximate surface area is 111 Å². The van der Waals surface area contributed by atoms with Crippen LogP contribution in [0, 0.1) is 6.92 Å². The van der Waals surface area contributed by atoms with Gasteiger partial charge in [0.15, 0.2) is 6.29 Å². The second-order valence-corrected chi connectivity index (χ2v) is 4.67. The zero-order valence-electron chi connectivity index (χ0n) is 10.5. The highest BCUT2D eigenvalue weighted by Gasteiger charge is 2.11. The summed E-state index contributed by atoms with van der Waals surface area (Å²) >= 11 is 6.12. The van der Waals surface area contributed by atoms with E-state index >= 15 is 0 Å². The SMILES string of the molecule is Cc1nc(C=O)c(CCc2ccccc2Cl)n1C. The first-order valence-corrected chi connectivity index (χ1v) is 6.22. The Morgan fingerprint density at radius 2 is 2.06 bits per heavy atom. The molecule has 4 heteroatoms. The number of benzene rings is 1. The fourth-order valence-corrected chi connectivity index (χ4v) is 2.26. The summed E-state index contributed by atoms with van der Waals surface area (Å²) in [5.74, 6) is 0.853. The lowest BCUT2D eigenvalue weighted by Gasteiger charge is -2.06. The minimum Gasteiger partial charge on any atom is -0.335 e. The van der Waals surface area contributed by atoms with Gasteiger partial charge >= 0.3 is 0 Å². The zero-order valence-corrected chi connectivity index (χ0v) is 11.2. The van der Waals surface area contributed by atoms with Gasteiger partial charge < -0.3 is 4.57 Å². The number of aromatic nitrogens is 2. The van der Waals surface area contributed by atoms with Crippen molar-refractivity contribution in [3.8, 4) is 0 Å². The highest BCUT2D eigenvalue weighted by atomic mass is 35.5. The van der Waals surface area contributed by atoms with Crippen molar-refractivity contribution in [2.75, 3.05) is 0 Å². The highest BCUT2D eigenvalue weighted by molar-refractivity contribution is 6.31. The van der Waals surface area contributed by atoms with Crippen LogP contribution in [0.2, 0.25) is 5.02 Å². The highest BCUT2D eigenvalue weighted by Crippen LogP contribution is 2.18. The molecule has 0 fully saturated rings. The third-order valence-electron chi connectivity index (χ3n) is 3.17. The summed E-state index contributed by atoms with van der Waals surface area (Å²) in [7, 11) is 1.93. The number of halogens is 1. The maximum atomic E-state index is 11.0. The molecule has 94 valence electrons. The first-order valence-electron chi connectivity index (χ1n) is 5.84. The fraction of sp³-hybridized carbons (Fsp3) is 0.286. The minimum atomic E-state index is 0.530. The topological polar surface area (TPSA) is 34.9 Å². The Kier molecular flexibility index (Phi) is 3.82. The van der Waals surface area contributed by atoms with Crippen molar-refractivity contribution in [2.45, 2.75) is 19.8 Å². The summed E-state index contributed by atoms with van der Waals surface area (Å²) in [5, 5.41) is 0.768. The summed E-state index contributed by atoms with van der Waals surface area (Å²) in [6.45, 7) is 1.89. The average molecular weight is 263 g/mol. The van der Waals surface area contributed by atoms with Crippen LogP contribution in [-0.2, 0) is 19.9 Å². The Morgan fingerprint density at radius 3 is 2.72 bits per heavy atom. The Hall–Kier alpha value is -1.61. The molecule has 3 nitrogen and oxygen atoms in total. The Morgan fingerprint density at radius 1 is 1.33 bits per heavy atom. The number of hydrogen-bond donors (Lipinski definition) is 0. The van der Waals surface area contributed by atoms with Gasteiger partial charge in [-0.25, -0.2) is 4.98 Å². The van der Waals surface area contributed by atoms with Gasteiger partial charge in [0.2, 0.25) is 0 Å². The first kappa shape index (κ1) is 12.8. The average Bonchev–Trinajstić information content (AvgIpc) is 2.65. The normalized spacial score (nSPS) is 10.6. The van der Waals surface area contributed by atoms with E-state index in [1.165, 1.54) is 0 Å². The lowest BCUT2D eigenvalue weighted by atomic mass is 10.1. The van der Waals surface area contributed by atoms with Crippen LogP contribution in [-0.4, -0.2) is 15.8 Å². The summed E-state index contributed by atoms with van der Waals surface area (Å²) in [4.78, 5) is 15.2. The lowest BCUT2D eigenvalue weighted by molar-refractivity contribution is 0.111. The van der Waals surface area contributed by atoms with Crippen LogP contribution < -0.4 is 0 Å². The first-order chi connectivity index (χ1) is 8.63. The summed E-state index contributed by atoms with van der Waals surface area (Å²) in [6, 6.07) is 7.77. The van der Waals surface area contributed by atoms with Gasteiger partial charge in [0.25, 0.3) is 0 Å². The van der Waals surface area contributed by atoms with Crippen molar-refractivity contribution in [3.05, 3.63) is 52.1 Å². The van der Waals surface area contributed by atoms with Crippen LogP contribution in [0.4, 0.5) is 0 Å². The Bertz CT molecular complexity index is 575. The summed E-state index contributed by atoms with van der Waals surface area (Å²) in [6.07, 6.45) is 2.38. The van der Waals surface area contributed by atoms with Gasteiger partial charge in [-0.2, -0.15) is 0 Å². The number of aryl methyl sites for hydroxylation is 2. The molecule has 1 aromatic carbocycles. The van der Waals surface area contributed by atoms with E-state index < -0.39 is 0 Å². The van der Waals surface area contributed by atoms with Gasteiger partial charge in [0.05, 0.1) is 0 Å². The van der Waals surface area contributed by atoms with Crippen molar-refractivity contribution < 1.29 is 4.79 Å². The van der Waals surface area contributed by atoms with E-state index in [9.17, 15) is 4.79 Å². The molecular formula is C14H15ClN2O. The maximum absolute atomic E-state index is 11.0. The number of hydrogen-bond acceptors (Lipinski definition) is 2. The van der Waals surface area contributed by atoms with Gasteiger partial charge in [-0.05, 0) is 31.4 Å². The molecule has 0 aliphatic carbocycles. The van der Waals surface area contributed by atoms with E-state index in [-0.39, 0.29) is 0 Å². The number of aldehydes is 1. The van der Waals surface area contributed by atoms with E-state index in [4.69, 9.17) is 11.6 Å². The standard InChI is InChI=1S/C14H15ClN2O/c1-10-16-13(9-18)14(17(10)2)8-7-11-5-3-4-6-12(11)15/h3-6,9H,7-8H2,1-2H3. The summed E-state index contributed by atoms with van der Waals surface area (Å²) in [5.41, 5.74) is 2.58. The number of carbonyl (C=O) groups is 1. The molecule has 0 amide bonds. The van der Waals surface area contributed by atoms with Crippen molar-refractivity contribution in [3.63, 3.8) is 0 Å². The van der Waals surface area contributed by atoms with Gasteiger partial charge in [0, 0.05) is 17.8 Å². The molecule has 2 aromatic rings. The molecule has 1 heterocycles. The molecule has 1 aromatic heterocycles. The van der Waals surface area contributed by atoms with Crippen molar-refractivity contribution >= 4 is 17.9 Å². The number of imidazole rings is 1. The molecule has 0 aliphatic heterocycles. The quantitative estimate of drug-likeness (QED) is 0.794. The number of carbonyl (C=O) groups excluding carboxylic acids is 1. The monoisotopic (exact) mass is 262 g/mol. The van der Waals surface area contributed by atoms with Gasteiger partial charge in [0.1, 0.15) is 11.5 Å². The van der Waals surface area contributed by atoms with E-state index in [1.54, 1.807) is 0 Å². The van der Waals surface area contributed by atoms with Crippen molar-refractivity contribution in [1.29, 1.82) is 0 Å². The molecule has 0 unspecified atom stereocenters. The largest absolute Gasteiger partial charge is 0.335 e. The maximum Gasteiger partial charge on any atom is 0.170 e. The van der Waals surface area contributed by atoms with Crippen LogP contribution >= 0.6 is 11.6 Å². The third-order valence-corrected chi connectivity index (χ3v) is 3.54. The van der Waals surface area contributed by atoms with Crippen LogP contribution in [0.5, 0.6) is 0 Å². The molecule has 0 atom stereocenters. The molecule has 0 saturated carbocycles. The number of rotatable bonds is 4. The predicted octanol–water partition coefficient (Wildman–Crippen LogP) is 2.98. The van der Waals surface area contributed by atoms with Crippen LogP contribution in [0.25, 0.3) is 0 Å². The van der Waals surface area contributed by atoms with Crippen LogP contribution in [0.1, 0.15) is 27.6 Å². The molecule has 2 rings (SSSR count). The second-order valence-electron chi connectivity index (χ2n) is 4.26. The minimum absolute atomic E-state index is 0.530. The zero-order chi connectivity index (χ0) is 13.1. The van der Waals surface area contributed by atoms with E-state index in [1.807, 2.05) is 42.8 Å². The molecular weight excluding hydrogens is 248 g/mol. The van der Waals surface area contributed by atoms with Crippen LogP contribution in [0.15, 0.2) is 24.3 Å². The Balaban J connectivity index is 2.21. The van der Waals surface area contributed by atoms with Gasteiger partial charge in [-0.3, -0.25) is 4.79 Å². The predicted molar refractivity (Wildman–Crippen MR) is 72.2 cm³/mol. The van der Waals surface area contributed by atoms with Gasteiger partial charge in [-0.15, -0.1) is 0 Å². The lowest BCUT2D eigenvalue weighted by Crippen LogP contribution is -2.03. The molecule has 0 aliphatic rings. The van der Waals surface area contributed by atoms with Crippen molar-refractivity contribution in [2.24, 2.45) is 7.05 Å². The third kappa shape index (κ3) is 2.46. The second kappa shape index (κ2) is 5.36. The smallest absolute Gasteiger partial charge is 0.170 e. The van der Waals surface area contributed by atoms with E-state index in [0.29, 0.717) is 5.69 Å². The number of nitrogens with zero attached hydrogens (tertiary/aromatic N) is 2. The summed E-state index contributed by atoms with van der Waals surface area (Å²) < 4.78 is 1.96. The van der Waals surface area contributed by atoms with E-state index in [2.05, 4.69) is 4.98 Å². The molecule has 0 bridgehead atoms.